The number of piperazine rings is 1. The van der Waals surface area contributed by atoms with E-state index in [1.54, 1.807) is 19.1 Å². The molecule has 0 aromatic heterocycles. The van der Waals surface area contributed by atoms with Crippen LogP contribution in [0.5, 0.6) is 17.2 Å². The second-order valence-electron chi connectivity index (χ2n) is 7.32. The molecule has 0 bridgehead atoms. The zero-order valence-electron chi connectivity index (χ0n) is 16.8. The van der Waals surface area contributed by atoms with Crippen molar-refractivity contribution in [1.29, 1.82) is 0 Å². The van der Waals surface area contributed by atoms with Gasteiger partial charge >= 0.3 is 0 Å². The lowest BCUT2D eigenvalue weighted by molar-refractivity contribution is -1.02. The molecule has 0 spiro atoms. The second kappa shape index (κ2) is 10.3. The zero-order chi connectivity index (χ0) is 19.8. The molecule has 1 aliphatic rings. The fraction of sp³-hybridized carbons (Fsp3) is 0.455. The van der Waals surface area contributed by atoms with Crippen molar-refractivity contribution in [3.8, 4) is 17.2 Å². The third kappa shape index (κ3) is 5.61. The summed E-state index contributed by atoms with van der Waals surface area (Å²) in [6.45, 7) is 6.37. The molecular weight excluding hydrogens is 356 g/mol. The summed E-state index contributed by atoms with van der Waals surface area (Å²) in [5.74, 6) is 1.76. The van der Waals surface area contributed by atoms with E-state index in [0.717, 1.165) is 32.7 Å². The van der Waals surface area contributed by atoms with Crippen LogP contribution < -0.4 is 24.0 Å². The first kappa shape index (κ1) is 20.5. The maximum Gasteiger partial charge on any atom is 0.203 e. The predicted octanol–water partition coefficient (Wildman–Crippen LogP) is -0.573. The van der Waals surface area contributed by atoms with Crippen LogP contribution in [0.4, 0.5) is 0 Å². The third-order valence-electron chi connectivity index (χ3n) is 5.29. The number of aliphatic hydroxyl groups is 1. The molecule has 1 fully saturated rings. The number of quaternary nitrogens is 2. The topological polar surface area (TPSA) is 56.8 Å². The molecule has 0 amide bonds. The van der Waals surface area contributed by atoms with Crippen molar-refractivity contribution < 1.29 is 29.1 Å². The van der Waals surface area contributed by atoms with Crippen molar-refractivity contribution in [2.75, 3.05) is 53.6 Å². The van der Waals surface area contributed by atoms with Gasteiger partial charge in [0.15, 0.2) is 11.5 Å². The van der Waals surface area contributed by atoms with Gasteiger partial charge in [0.2, 0.25) is 5.75 Å². The fourth-order valence-electron chi connectivity index (χ4n) is 3.75. The fourth-order valence-corrected chi connectivity index (χ4v) is 3.75. The SMILES string of the molecule is COc1cccc(OC)c1OC[C@@H](O)C[NH+]1CC[NH+](Cc2ccccc2)CC1. The Morgan fingerprint density at radius 3 is 2.07 bits per heavy atom. The molecule has 3 N–H and O–H groups in total. The highest BCUT2D eigenvalue weighted by Crippen LogP contribution is 2.36. The van der Waals surface area contributed by atoms with E-state index in [1.165, 1.54) is 10.5 Å². The van der Waals surface area contributed by atoms with Gasteiger partial charge in [-0.15, -0.1) is 0 Å². The Labute approximate surface area is 167 Å². The molecular formula is C22H32N2O4+2. The Morgan fingerprint density at radius 1 is 0.857 bits per heavy atom. The van der Waals surface area contributed by atoms with Crippen molar-refractivity contribution in [3.05, 3.63) is 54.1 Å². The molecule has 0 saturated carbocycles. The molecule has 1 aliphatic heterocycles. The van der Waals surface area contributed by atoms with Crippen LogP contribution in [-0.4, -0.2) is 64.8 Å². The Bertz CT molecular complexity index is 695. The Kier molecular flexibility index (Phi) is 7.54. The van der Waals surface area contributed by atoms with E-state index in [1.807, 2.05) is 18.2 Å². The van der Waals surface area contributed by atoms with E-state index in [9.17, 15) is 5.11 Å². The molecule has 6 nitrogen and oxygen atoms in total. The predicted molar refractivity (Wildman–Crippen MR) is 107 cm³/mol. The minimum absolute atomic E-state index is 0.223. The van der Waals surface area contributed by atoms with E-state index in [-0.39, 0.29) is 6.61 Å². The maximum atomic E-state index is 10.5. The molecule has 152 valence electrons. The number of rotatable bonds is 9. The van der Waals surface area contributed by atoms with Crippen molar-refractivity contribution in [2.24, 2.45) is 0 Å². The Hall–Kier alpha value is -2.28. The number of ether oxygens (including phenoxy) is 3. The monoisotopic (exact) mass is 388 g/mol. The van der Waals surface area contributed by atoms with Gasteiger partial charge in [0, 0.05) is 5.56 Å². The lowest BCUT2D eigenvalue weighted by Gasteiger charge is -2.30. The maximum absolute atomic E-state index is 10.5. The normalized spacial score (nSPS) is 20.4. The summed E-state index contributed by atoms with van der Waals surface area (Å²) in [6, 6.07) is 16.1. The van der Waals surface area contributed by atoms with Gasteiger partial charge in [0.25, 0.3) is 0 Å². The minimum Gasteiger partial charge on any atom is -0.493 e. The average Bonchev–Trinajstić information content (AvgIpc) is 2.74. The number of para-hydroxylation sites is 1. The first-order chi connectivity index (χ1) is 13.7. The zero-order valence-corrected chi connectivity index (χ0v) is 16.8. The minimum atomic E-state index is -0.528. The average molecular weight is 389 g/mol. The van der Waals surface area contributed by atoms with Gasteiger partial charge in [0.1, 0.15) is 52.0 Å². The van der Waals surface area contributed by atoms with Gasteiger partial charge < -0.3 is 29.1 Å². The van der Waals surface area contributed by atoms with Gasteiger partial charge in [-0.3, -0.25) is 0 Å². The van der Waals surface area contributed by atoms with Crippen LogP contribution in [0.1, 0.15) is 5.56 Å². The van der Waals surface area contributed by atoms with E-state index in [4.69, 9.17) is 14.2 Å². The molecule has 1 atom stereocenters. The van der Waals surface area contributed by atoms with E-state index in [2.05, 4.69) is 30.3 Å². The number of hydrogen-bond donors (Lipinski definition) is 3. The summed E-state index contributed by atoms with van der Waals surface area (Å²) in [5, 5.41) is 10.5. The third-order valence-corrected chi connectivity index (χ3v) is 5.29. The van der Waals surface area contributed by atoms with Gasteiger partial charge in [0.05, 0.1) is 14.2 Å². The van der Waals surface area contributed by atoms with Gasteiger partial charge in [-0.25, -0.2) is 0 Å². The van der Waals surface area contributed by atoms with Crippen molar-refractivity contribution in [3.63, 3.8) is 0 Å². The molecule has 0 unspecified atom stereocenters. The molecule has 2 aromatic carbocycles. The smallest absolute Gasteiger partial charge is 0.203 e. The highest BCUT2D eigenvalue weighted by atomic mass is 16.5. The molecule has 1 heterocycles. The quantitative estimate of drug-likeness (QED) is 0.539. The molecule has 0 aliphatic carbocycles. The first-order valence-corrected chi connectivity index (χ1v) is 9.92. The summed E-state index contributed by atoms with van der Waals surface area (Å²) >= 11 is 0. The van der Waals surface area contributed by atoms with Gasteiger partial charge in [-0.1, -0.05) is 36.4 Å². The summed E-state index contributed by atoms with van der Waals surface area (Å²) in [5.41, 5.74) is 1.39. The highest BCUT2D eigenvalue weighted by molar-refractivity contribution is 5.51. The Morgan fingerprint density at radius 2 is 1.46 bits per heavy atom. The molecule has 1 saturated heterocycles. The van der Waals surface area contributed by atoms with Crippen LogP contribution in [0.15, 0.2) is 48.5 Å². The lowest BCUT2D eigenvalue weighted by atomic mass is 10.2. The van der Waals surface area contributed by atoms with Crippen molar-refractivity contribution in [2.45, 2.75) is 12.6 Å². The van der Waals surface area contributed by atoms with Crippen molar-refractivity contribution >= 4 is 0 Å². The van der Waals surface area contributed by atoms with Crippen LogP contribution in [0.3, 0.4) is 0 Å². The lowest BCUT2D eigenvalue weighted by Crippen LogP contribution is -3.28. The van der Waals surface area contributed by atoms with E-state index >= 15 is 0 Å². The summed E-state index contributed by atoms with van der Waals surface area (Å²) < 4.78 is 16.5. The van der Waals surface area contributed by atoms with Crippen LogP contribution in [0.2, 0.25) is 0 Å². The van der Waals surface area contributed by atoms with E-state index in [0.29, 0.717) is 23.8 Å². The summed E-state index contributed by atoms with van der Waals surface area (Å²) in [6.07, 6.45) is -0.528. The Balaban J connectivity index is 1.43. The van der Waals surface area contributed by atoms with Crippen LogP contribution >= 0.6 is 0 Å². The van der Waals surface area contributed by atoms with Crippen LogP contribution in [0, 0.1) is 0 Å². The van der Waals surface area contributed by atoms with Gasteiger partial charge in [-0.05, 0) is 12.1 Å². The van der Waals surface area contributed by atoms with Crippen LogP contribution in [-0.2, 0) is 6.54 Å². The standard InChI is InChI=1S/C22H30N2O4/c1-26-20-9-6-10-21(27-2)22(20)28-17-19(25)16-24-13-11-23(12-14-24)15-18-7-4-3-5-8-18/h3-10,19,25H,11-17H2,1-2H3/p+2/t19-/m0/s1. The highest BCUT2D eigenvalue weighted by Gasteiger charge is 2.25. The summed E-state index contributed by atoms with van der Waals surface area (Å²) in [7, 11) is 3.19. The largest absolute Gasteiger partial charge is 0.493 e. The molecule has 28 heavy (non-hydrogen) atoms. The van der Waals surface area contributed by atoms with Crippen molar-refractivity contribution in [1.82, 2.24) is 0 Å². The molecule has 6 heteroatoms. The number of methoxy groups -OCH3 is 2. The molecule has 0 radical (unpaired) electrons. The number of nitrogens with one attached hydrogen (secondary N) is 2. The van der Waals surface area contributed by atoms with Gasteiger partial charge in [-0.2, -0.15) is 0 Å². The summed E-state index contributed by atoms with van der Waals surface area (Å²) in [4.78, 5) is 3.04. The first-order valence-electron chi connectivity index (χ1n) is 9.92. The second-order valence-corrected chi connectivity index (χ2v) is 7.32. The molecule has 2 aromatic rings. The number of hydrogen-bond acceptors (Lipinski definition) is 4. The van der Waals surface area contributed by atoms with E-state index < -0.39 is 6.10 Å². The number of benzene rings is 2. The number of aliphatic hydroxyl groups excluding tert-OH is 1. The molecule has 3 rings (SSSR count). The van der Waals surface area contributed by atoms with Crippen LogP contribution in [0.25, 0.3) is 0 Å².